The van der Waals surface area contributed by atoms with Crippen LogP contribution in [0.2, 0.25) is 0 Å². The van der Waals surface area contributed by atoms with Gasteiger partial charge >= 0.3 is 25.0 Å². The van der Waals surface area contributed by atoms with Crippen molar-refractivity contribution in [1.29, 1.82) is 0 Å². The minimum Gasteiger partial charge on any atom is -0.450 e. The van der Waals surface area contributed by atoms with E-state index in [0.717, 1.165) is 43.7 Å². The number of aliphatic hydroxyl groups excluding tert-OH is 1. The van der Waals surface area contributed by atoms with Crippen molar-refractivity contribution in [2.24, 2.45) is 0 Å². The first kappa shape index (κ1) is 38.0. The van der Waals surface area contributed by atoms with Gasteiger partial charge in [-0.3, -0.25) is 23.7 Å². The van der Waals surface area contributed by atoms with Crippen LogP contribution in [0.3, 0.4) is 0 Å². The number of nitrogen functional groups attached to an aromatic ring is 1. The zero-order valence-electron chi connectivity index (χ0n) is 27.8. The molecule has 2 heterocycles. The van der Waals surface area contributed by atoms with E-state index in [1.54, 1.807) is 0 Å². The van der Waals surface area contributed by atoms with E-state index in [2.05, 4.69) is 10.1 Å². The number of alkyl halides is 2. The minimum atomic E-state index is -4.37. The van der Waals surface area contributed by atoms with E-state index in [1.807, 2.05) is 0 Å². The Morgan fingerprint density at radius 3 is 2.47 bits per heavy atom. The molecule has 1 aromatic heterocycles. The highest BCUT2D eigenvalue weighted by Crippen LogP contribution is 2.49. The van der Waals surface area contributed by atoms with Crippen molar-refractivity contribution in [3.05, 3.63) is 111 Å². The van der Waals surface area contributed by atoms with Gasteiger partial charge in [-0.25, -0.2) is 23.2 Å². The molecule has 0 bridgehead atoms. The van der Waals surface area contributed by atoms with Gasteiger partial charge in [-0.05, 0) is 66.4 Å². The standard InChI is InChI=1S/C34H34F4N5O9P/c35-22-9-7-21(8-10-22)25-12-11-24(17-26(25)36)51-28-16-20(6-13-27(28)43(46)47)18-49-53(48,41-23-4-2-1-3-5-23)50-19-29-31(44)34(37,38)32(52-29)42-15-14-30(39)40-33(42)45/h6-17,23,29,31-32,44H,1-5,18-19H2,(H,41,48)(H2,39,40,45). The first-order valence-electron chi connectivity index (χ1n) is 16.5. The van der Waals surface area contributed by atoms with Crippen molar-refractivity contribution >= 4 is 19.3 Å². The fourth-order valence-electron chi connectivity index (χ4n) is 6.04. The number of benzene rings is 3. The van der Waals surface area contributed by atoms with Gasteiger partial charge in [-0.15, -0.1) is 0 Å². The number of nitrogens with zero attached hydrogens (tertiary/aromatic N) is 3. The van der Waals surface area contributed by atoms with E-state index in [0.29, 0.717) is 23.0 Å². The smallest absolute Gasteiger partial charge is 0.406 e. The van der Waals surface area contributed by atoms with Crippen molar-refractivity contribution < 1.29 is 50.7 Å². The summed E-state index contributed by atoms with van der Waals surface area (Å²) in [6, 6.07) is 13.3. The highest BCUT2D eigenvalue weighted by atomic mass is 31.2. The van der Waals surface area contributed by atoms with Gasteiger partial charge < -0.3 is 20.3 Å². The summed E-state index contributed by atoms with van der Waals surface area (Å²) in [6.07, 6.45) is -1.78. The molecule has 14 nitrogen and oxygen atoms in total. The number of nitro groups is 1. The second-order valence-electron chi connectivity index (χ2n) is 12.5. The molecule has 19 heteroatoms. The third kappa shape index (κ3) is 8.75. The number of hydrogen-bond donors (Lipinski definition) is 3. The number of nitro benzene ring substituents is 1. The van der Waals surface area contributed by atoms with Gasteiger partial charge in [0.2, 0.25) is 12.0 Å². The molecule has 1 aliphatic carbocycles. The van der Waals surface area contributed by atoms with E-state index in [9.17, 15) is 29.0 Å². The molecular weight excluding hydrogens is 729 g/mol. The average molecular weight is 764 g/mol. The monoisotopic (exact) mass is 763 g/mol. The Bertz CT molecular complexity index is 2070. The Morgan fingerprint density at radius 2 is 1.79 bits per heavy atom. The number of halogens is 4. The Hall–Kier alpha value is -4.71. The van der Waals surface area contributed by atoms with Crippen molar-refractivity contribution in [3.8, 4) is 22.6 Å². The normalized spacial score (nSPS) is 21.3. The van der Waals surface area contributed by atoms with Crippen LogP contribution in [0, 0.1) is 21.7 Å². The number of nitrogens with two attached hydrogens (primary N) is 1. The summed E-state index contributed by atoms with van der Waals surface area (Å²) < 4.78 is 95.6. The van der Waals surface area contributed by atoms with Crippen molar-refractivity contribution in [2.75, 3.05) is 12.3 Å². The first-order valence-corrected chi connectivity index (χ1v) is 18.0. The van der Waals surface area contributed by atoms with Gasteiger partial charge in [0.05, 0.1) is 18.1 Å². The second kappa shape index (κ2) is 15.7. The molecule has 2 fully saturated rings. The van der Waals surface area contributed by atoms with Crippen LogP contribution in [0.5, 0.6) is 11.5 Å². The first-order chi connectivity index (χ1) is 25.2. The molecular formula is C34H34F4N5O9P. The molecule has 0 spiro atoms. The predicted octanol–water partition coefficient (Wildman–Crippen LogP) is 6.63. The summed E-state index contributed by atoms with van der Waals surface area (Å²) in [7, 11) is -4.37. The Balaban J connectivity index is 1.19. The number of hydrogen-bond acceptors (Lipinski definition) is 11. The molecule has 4 aromatic rings. The Kier molecular flexibility index (Phi) is 11.3. The van der Waals surface area contributed by atoms with E-state index in [-0.39, 0.29) is 34.5 Å². The highest BCUT2D eigenvalue weighted by molar-refractivity contribution is 7.51. The molecule has 53 heavy (non-hydrogen) atoms. The van der Waals surface area contributed by atoms with Crippen LogP contribution in [0.25, 0.3) is 11.1 Å². The maximum absolute atomic E-state index is 15.1. The number of aliphatic hydroxyl groups is 1. The predicted molar refractivity (Wildman–Crippen MR) is 181 cm³/mol. The van der Waals surface area contributed by atoms with Crippen LogP contribution in [0.15, 0.2) is 77.7 Å². The van der Waals surface area contributed by atoms with Crippen molar-refractivity contribution in [1.82, 2.24) is 14.6 Å². The fourth-order valence-corrected chi connectivity index (χ4v) is 7.63. The van der Waals surface area contributed by atoms with Crippen molar-refractivity contribution in [3.63, 3.8) is 0 Å². The van der Waals surface area contributed by atoms with E-state index >= 15 is 13.2 Å². The van der Waals surface area contributed by atoms with Crippen LogP contribution in [-0.2, 0) is 25.0 Å². The fraction of sp³-hybridized carbons (Fsp3) is 0.353. The van der Waals surface area contributed by atoms with E-state index in [1.165, 1.54) is 48.5 Å². The van der Waals surface area contributed by atoms with E-state index in [4.69, 9.17) is 24.3 Å². The molecule has 4 atom stereocenters. The molecule has 6 rings (SSSR count). The molecule has 1 aliphatic heterocycles. The summed E-state index contributed by atoms with van der Waals surface area (Å²) in [6.45, 7) is -1.34. The molecule has 2 aliphatic rings. The van der Waals surface area contributed by atoms with Gasteiger partial charge in [0.15, 0.2) is 6.10 Å². The summed E-state index contributed by atoms with van der Waals surface area (Å²) in [5.41, 5.74) is 4.58. The second-order valence-corrected chi connectivity index (χ2v) is 14.3. The molecule has 3 aromatic carbocycles. The maximum atomic E-state index is 15.1. The average Bonchev–Trinajstić information content (AvgIpc) is 3.34. The molecule has 0 amide bonds. The van der Waals surface area contributed by atoms with E-state index < -0.39 is 73.3 Å². The molecule has 4 N–H and O–H groups in total. The number of ether oxygens (including phenoxy) is 2. The zero-order chi connectivity index (χ0) is 37.9. The van der Waals surface area contributed by atoms with Crippen LogP contribution < -0.4 is 21.2 Å². The summed E-state index contributed by atoms with van der Waals surface area (Å²) in [5, 5.41) is 25.1. The summed E-state index contributed by atoms with van der Waals surface area (Å²) >= 11 is 0. The van der Waals surface area contributed by atoms with Gasteiger partial charge in [-0.1, -0.05) is 31.4 Å². The van der Waals surface area contributed by atoms with Crippen LogP contribution in [0.4, 0.5) is 29.1 Å². The number of anilines is 1. The number of rotatable bonds is 13. The topological polar surface area (TPSA) is 190 Å². The number of aromatic nitrogens is 2. The zero-order valence-corrected chi connectivity index (χ0v) is 28.7. The minimum absolute atomic E-state index is 0.0928. The largest absolute Gasteiger partial charge is 0.450 e. The summed E-state index contributed by atoms with van der Waals surface area (Å²) in [5.74, 6) is -5.83. The lowest BCUT2D eigenvalue weighted by atomic mass is 9.96. The third-order valence-electron chi connectivity index (χ3n) is 8.78. The van der Waals surface area contributed by atoms with Gasteiger partial charge in [0, 0.05) is 29.9 Å². The molecule has 282 valence electrons. The van der Waals surface area contributed by atoms with Gasteiger partial charge in [0.25, 0.3) is 0 Å². The van der Waals surface area contributed by atoms with Gasteiger partial charge in [0.1, 0.15) is 29.3 Å². The van der Waals surface area contributed by atoms with Crippen LogP contribution in [0.1, 0.15) is 43.9 Å². The lowest BCUT2D eigenvalue weighted by Gasteiger charge is -2.28. The van der Waals surface area contributed by atoms with Crippen molar-refractivity contribution in [2.45, 2.75) is 69.1 Å². The third-order valence-corrected chi connectivity index (χ3v) is 10.4. The summed E-state index contributed by atoms with van der Waals surface area (Å²) in [4.78, 5) is 26.8. The number of nitrogens with one attached hydrogen (secondary N) is 1. The highest BCUT2D eigenvalue weighted by Gasteiger charge is 2.60. The molecule has 1 saturated carbocycles. The molecule has 1 saturated heterocycles. The molecule has 4 unspecified atom stereocenters. The van der Waals surface area contributed by atoms with Crippen LogP contribution in [-0.4, -0.2) is 50.4 Å². The van der Waals surface area contributed by atoms with Crippen LogP contribution >= 0.6 is 7.75 Å². The van der Waals surface area contributed by atoms with Gasteiger partial charge in [-0.2, -0.15) is 13.8 Å². The Morgan fingerprint density at radius 1 is 1.06 bits per heavy atom. The SMILES string of the molecule is Nc1ccn(C2OC(COP(=O)(NC3CCCCC3)OCc3ccc([N+](=O)[O-])c(Oc4ccc(-c5ccc(F)cc5)c(F)c4)c3)C(O)C2(F)F)c(=O)n1. The maximum Gasteiger partial charge on any atom is 0.406 e. The quantitative estimate of drug-likeness (QED) is 0.0571. The Labute approximate surface area is 299 Å². The lowest BCUT2D eigenvalue weighted by molar-refractivity contribution is -0.385. The molecule has 0 radical (unpaired) electrons. The lowest BCUT2D eigenvalue weighted by Crippen LogP contribution is -2.42.